The van der Waals surface area contributed by atoms with Crippen molar-refractivity contribution in [2.45, 2.75) is 81.2 Å². The maximum absolute atomic E-state index is 14.8. The molecule has 0 aliphatic heterocycles. The molecule has 0 saturated carbocycles. The van der Waals surface area contributed by atoms with Gasteiger partial charge in [-0.3, -0.25) is 0 Å². The zero-order chi connectivity index (χ0) is 45.7. The van der Waals surface area contributed by atoms with Crippen LogP contribution in [0.1, 0.15) is 50.3 Å². The standard InChI is InChI=1S/C43H43F9O9/c1-27(60-35(54)39(57-5,42(47,48)49)30-18-12-8-13-19-30)22-23-33-28(26-59-34(53)38(56-4,41(44,45)46)29-16-10-7-11-17-29)24-32(25-37(33,2)3)61-36(55)40(58-6,43(50,51)52)31-20-14-9-15-21-31/h7-23,27,32H,24-26H2,1-6H3/b23-22+/t27-,32-,38-,39-,40-/m1/s1. The first-order valence-corrected chi connectivity index (χ1v) is 18.4. The minimum Gasteiger partial charge on any atom is -0.459 e. The molecule has 0 amide bonds. The number of halogens is 9. The van der Waals surface area contributed by atoms with E-state index < -0.39 is 101 Å². The molecule has 0 bridgehead atoms. The number of carbonyl (C=O) groups is 3. The number of hydrogen-bond acceptors (Lipinski definition) is 9. The van der Waals surface area contributed by atoms with E-state index in [2.05, 4.69) is 0 Å². The molecule has 0 unspecified atom stereocenters. The fourth-order valence-electron chi connectivity index (χ4n) is 7.35. The monoisotopic (exact) mass is 874 g/mol. The van der Waals surface area contributed by atoms with E-state index in [1.54, 1.807) is 0 Å². The molecule has 9 nitrogen and oxygen atoms in total. The second-order valence-corrected chi connectivity index (χ2v) is 14.6. The molecule has 0 heterocycles. The number of esters is 3. The van der Waals surface area contributed by atoms with Gasteiger partial charge in [0.2, 0.25) is 0 Å². The van der Waals surface area contributed by atoms with E-state index in [1.807, 2.05) is 0 Å². The van der Waals surface area contributed by atoms with E-state index in [0.717, 1.165) is 42.5 Å². The average molecular weight is 875 g/mol. The van der Waals surface area contributed by atoms with Crippen molar-refractivity contribution in [2.24, 2.45) is 5.41 Å². The molecule has 5 atom stereocenters. The molecule has 61 heavy (non-hydrogen) atoms. The van der Waals surface area contributed by atoms with E-state index in [0.29, 0.717) is 21.3 Å². The number of ether oxygens (including phenoxy) is 6. The van der Waals surface area contributed by atoms with Crippen LogP contribution in [0.4, 0.5) is 39.5 Å². The van der Waals surface area contributed by atoms with Gasteiger partial charge in [0, 0.05) is 44.4 Å². The number of benzene rings is 3. The van der Waals surface area contributed by atoms with E-state index in [1.165, 1.54) is 81.4 Å². The van der Waals surface area contributed by atoms with Gasteiger partial charge >= 0.3 is 36.4 Å². The summed E-state index contributed by atoms with van der Waals surface area (Å²) < 4.78 is 163. The Morgan fingerprint density at radius 2 is 1.02 bits per heavy atom. The van der Waals surface area contributed by atoms with Gasteiger partial charge in [-0.2, -0.15) is 39.5 Å². The van der Waals surface area contributed by atoms with Gasteiger partial charge in [-0.05, 0) is 36.0 Å². The first kappa shape index (κ1) is 48.5. The molecule has 0 spiro atoms. The molecule has 332 valence electrons. The van der Waals surface area contributed by atoms with Gasteiger partial charge in [-0.25, -0.2) is 14.4 Å². The maximum Gasteiger partial charge on any atom is 0.432 e. The smallest absolute Gasteiger partial charge is 0.432 e. The number of rotatable bonds is 15. The number of carbonyl (C=O) groups excluding carboxylic acids is 3. The quantitative estimate of drug-likeness (QED) is 0.0839. The Morgan fingerprint density at radius 3 is 1.39 bits per heavy atom. The summed E-state index contributed by atoms with van der Waals surface area (Å²) in [5, 5.41) is 0. The lowest BCUT2D eigenvalue weighted by molar-refractivity contribution is -0.279. The van der Waals surface area contributed by atoms with Crippen molar-refractivity contribution < 1.29 is 82.3 Å². The highest BCUT2D eigenvalue weighted by molar-refractivity contribution is 5.84. The average Bonchev–Trinajstić information content (AvgIpc) is 3.17. The zero-order valence-corrected chi connectivity index (χ0v) is 33.7. The highest BCUT2D eigenvalue weighted by atomic mass is 19.4. The van der Waals surface area contributed by atoms with Crippen LogP contribution in [-0.4, -0.2) is 76.6 Å². The van der Waals surface area contributed by atoms with Gasteiger partial charge in [-0.1, -0.05) is 111 Å². The Labute approximate surface area is 345 Å². The van der Waals surface area contributed by atoms with Crippen LogP contribution in [0.2, 0.25) is 0 Å². The molecule has 0 N–H and O–H groups in total. The van der Waals surface area contributed by atoms with Gasteiger partial charge in [0.05, 0.1) is 0 Å². The third-order valence-electron chi connectivity index (χ3n) is 10.3. The molecular formula is C43H43F9O9. The first-order valence-electron chi connectivity index (χ1n) is 18.4. The summed E-state index contributed by atoms with van der Waals surface area (Å²) >= 11 is 0. The van der Waals surface area contributed by atoms with Gasteiger partial charge < -0.3 is 28.4 Å². The van der Waals surface area contributed by atoms with Crippen molar-refractivity contribution in [1.29, 1.82) is 0 Å². The highest BCUT2D eigenvalue weighted by Crippen LogP contribution is 2.48. The molecule has 0 aromatic heterocycles. The first-order chi connectivity index (χ1) is 28.4. The molecule has 4 rings (SSSR count). The van der Waals surface area contributed by atoms with Crippen LogP contribution in [0, 0.1) is 5.41 Å². The lowest BCUT2D eigenvalue weighted by atomic mass is 9.71. The summed E-state index contributed by atoms with van der Waals surface area (Å²) in [7, 11) is 1.98. The van der Waals surface area contributed by atoms with Crippen LogP contribution in [0.5, 0.6) is 0 Å². The van der Waals surface area contributed by atoms with Crippen molar-refractivity contribution in [1.82, 2.24) is 0 Å². The lowest BCUT2D eigenvalue weighted by Gasteiger charge is -2.40. The summed E-state index contributed by atoms with van der Waals surface area (Å²) in [6.45, 7) is 3.27. The van der Waals surface area contributed by atoms with Crippen LogP contribution in [-0.2, 0) is 59.6 Å². The van der Waals surface area contributed by atoms with E-state index in [9.17, 15) is 53.9 Å². The summed E-state index contributed by atoms with van der Waals surface area (Å²) in [5.41, 5.74) is -13.8. The molecule has 1 aliphatic carbocycles. The molecule has 3 aromatic carbocycles. The van der Waals surface area contributed by atoms with Crippen molar-refractivity contribution in [2.75, 3.05) is 27.9 Å². The number of allylic oxidation sites excluding steroid dienone is 2. The van der Waals surface area contributed by atoms with Crippen LogP contribution >= 0.6 is 0 Å². The third kappa shape index (κ3) is 9.35. The minimum atomic E-state index is -5.38. The van der Waals surface area contributed by atoms with Gasteiger partial charge in [0.15, 0.2) is 0 Å². The zero-order valence-electron chi connectivity index (χ0n) is 33.7. The van der Waals surface area contributed by atoms with Crippen LogP contribution in [0.25, 0.3) is 0 Å². The number of alkyl halides is 9. The Bertz CT molecular complexity index is 2050. The van der Waals surface area contributed by atoms with Crippen molar-refractivity contribution in [3.8, 4) is 0 Å². The molecule has 0 fully saturated rings. The maximum atomic E-state index is 14.8. The summed E-state index contributed by atoms with van der Waals surface area (Å²) in [6, 6.07) is 17.7. The number of methoxy groups -OCH3 is 3. The highest BCUT2D eigenvalue weighted by Gasteiger charge is 2.66. The topological polar surface area (TPSA) is 107 Å². The Hall–Kier alpha value is -5.20. The predicted octanol–water partition coefficient (Wildman–Crippen LogP) is 9.36. The predicted molar refractivity (Wildman–Crippen MR) is 199 cm³/mol. The van der Waals surface area contributed by atoms with Gasteiger partial charge in [0.1, 0.15) is 18.8 Å². The van der Waals surface area contributed by atoms with Crippen molar-refractivity contribution in [3.63, 3.8) is 0 Å². The van der Waals surface area contributed by atoms with Gasteiger partial charge in [0.25, 0.3) is 16.8 Å². The van der Waals surface area contributed by atoms with Crippen molar-refractivity contribution >= 4 is 17.9 Å². The Morgan fingerprint density at radius 1 is 0.639 bits per heavy atom. The van der Waals surface area contributed by atoms with Crippen LogP contribution < -0.4 is 0 Å². The Kier molecular flexibility index (Phi) is 14.6. The summed E-state index contributed by atoms with van der Waals surface area (Å²) in [6.07, 6.45) is -17.3. The minimum absolute atomic E-state index is 0.0713. The van der Waals surface area contributed by atoms with Crippen LogP contribution in [0.3, 0.4) is 0 Å². The molecule has 0 radical (unpaired) electrons. The normalized spacial score (nSPS) is 19.6. The molecule has 3 aromatic rings. The molecule has 1 aliphatic rings. The Balaban J connectivity index is 1.77. The summed E-state index contributed by atoms with van der Waals surface area (Å²) in [5.74, 6) is -5.63. The van der Waals surface area contributed by atoms with E-state index >= 15 is 0 Å². The fraction of sp³-hybridized carbons (Fsp3) is 0.419. The number of hydrogen-bond donors (Lipinski definition) is 0. The van der Waals surface area contributed by atoms with Crippen LogP contribution in [0.15, 0.2) is 114 Å². The van der Waals surface area contributed by atoms with E-state index in [4.69, 9.17) is 28.4 Å². The molecule has 18 heteroatoms. The van der Waals surface area contributed by atoms with Crippen molar-refractivity contribution in [3.05, 3.63) is 131 Å². The molecule has 0 saturated heterocycles. The lowest BCUT2D eigenvalue weighted by Crippen LogP contribution is -2.53. The SMILES string of the molecule is CO[C@@](C(=O)OCC1=C(/C=C/[C@@H](C)OC(=O)[C@](OC)(c2ccccc2)C(F)(F)F)C(C)(C)C[C@H](OC(=O)[C@](OC)(c2ccccc2)C(F)(F)F)C1)(c1ccccc1)C(F)(F)F. The fourth-order valence-corrected chi connectivity index (χ4v) is 7.35. The van der Waals surface area contributed by atoms with E-state index in [-0.39, 0.29) is 17.6 Å². The largest absolute Gasteiger partial charge is 0.459 e. The van der Waals surface area contributed by atoms with Gasteiger partial charge in [-0.15, -0.1) is 0 Å². The molecular weight excluding hydrogens is 831 g/mol. The second-order valence-electron chi connectivity index (χ2n) is 14.6. The third-order valence-corrected chi connectivity index (χ3v) is 10.3. The second kappa shape index (κ2) is 18.4. The summed E-state index contributed by atoms with van der Waals surface area (Å²) in [4.78, 5) is 40.5.